The lowest BCUT2D eigenvalue weighted by Gasteiger charge is -2.14. The Balaban J connectivity index is 1.11. The average molecular weight is 705 g/mol. The third-order valence-corrected chi connectivity index (χ3v) is 12.0. The summed E-state index contributed by atoms with van der Waals surface area (Å²) in [5.41, 5.74) is 13.8. The number of fused-ring (bicyclic) bond motifs is 9. The van der Waals surface area contributed by atoms with Gasteiger partial charge in [0.2, 0.25) is 0 Å². The quantitative estimate of drug-likeness (QED) is 0.163. The van der Waals surface area contributed by atoms with E-state index in [1.807, 2.05) is 11.3 Å². The summed E-state index contributed by atoms with van der Waals surface area (Å²) in [6.45, 7) is 0. The first-order valence-corrected chi connectivity index (χ1v) is 19.2. The van der Waals surface area contributed by atoms with E-state index in [4.69, 9.17) is 4.98 Å². The number of rotatable bonds is 5. The number of hydrogen-bond donors (Lipinski definition) is 0. The summed E-state index contributed by atoms with van der Waals surface area (Å²) in [5.74, 6) is 0. The minimum Gasteiger partial charge on any atom is -0.291 e. The first-order chi connectivity index (χ1) is 26.8. The van der Waals surface area contributed by atoms with E-state index in [1.165, 1.54) is 64.3 Å². The molecule has 3 aromatic heterocycles. The summed E-state index contributed by atoms with van der Waals surface area (Å²) in [6.07, 6.45) is 0. The molecule has 0 amide bonds. The van der Waals surface area contributed by atoms with Crippen LogP contribution < -0.4 is 0 Å². The number of hydrogen-bond acceptors (Lipinski definition) is 2. The fraction of sp³-hybridized carbons (Fsp3) is 0. The number of pyridine rings is 1. The van der Waals surface area contributed by atoms with E-state index in [0.717, 1.165) is 39.1 Å². The Labute approximate surface area is 316 Å². The standard InChI is InChI=1S/C51H32N2S/c1-3-15-33(16-4-1)48-49(34-17-5-2-6-18-34)53-46-30-29-36(32-45(46)40-23-9-10-25-44(40)51(53)52-48)35-19-13-20-37(31-35)38-21-7-8-22-39(38)42-26-14-27-43-41-24-11-12-28-47(41)54-50(42)43/h1-32H. The van der Waals surface area contributed by atoms with Crippen LogP contribution in [0, 0.1) is 0 Å². The molecule has 2 nitrogen and oxygen atoms in total. The maximum Gasteiger partial charge on any atom is 0.146 e. The Bertz CT molecular complexity index is 3210. The van der Waals surface area contributed by atoms with E-state index in [9.17, 15) is 0 Å². The predicted molar refractivity (Wildman–Crippen MR) is 230 cm³/mol. The summed E-state index contributed by atoms with van der Waals surface area (Å²) in [6, 6.07) is 70.2. The molecule has 0 fully saturated rings. The number of nitrogens with zero attached hydrogens (tertiary/aromatic N) is 2. The van der Waals surface area contributed by atoms with Gasteiger partial charge in [-0.25, -0.2) is 4.98 Å². The summed E-state index contributed by atoms with van der Waals surface area (Å²) in [5, 5.41) is 6.18. The van der Waals surface area contributed by atoms with E-state index >= 15 is 0 Å². The van der Waals surface area contributed by atoms with Crippen molar-refractivity contribution in [1.29, 1.82) is 0 Å². The van der Waals surface area contributed by atoms with Crippen LogP contribution in [0.5, 0.6) is 0 Å². The third kappa shape index (κ3) is 4.83. The number of imidazole rings is 1. The SMILES string of the molecule is c1ccc(-c2nc3c4ccccc4c4cc(-c5cccc(-c6ccccc6-c6cccc7c6sc6ccccc67)c5)ccc4n3c2-c2ccccc2)cc1. The van der Waals surface area contributed by atoms with Crippen LogP contribution in [0.25, 0.3) is 103 Å². The number of benzene rings is 8. The molecule has 8 aromatic carbocycles. The molecule has 54 heavy (non-hydrogen) atoms. The molecule has 0 N–H and O–H groups in total. The van der Waals surface area contributed by atoms with E-state index < -0.39 is 0 Å². The molecule has 0 aliphatic heterocycles. The van der Waals surface area contributed by atoms with Crippen molar-refractivity contribution < 1.29 is 0 Å². The number of aromatic nitrogens is 2. The Hall–Kier alpha value is -6.81. The second kappa shape index (κ2) is 12.4. The molecule has 0 atom stereocenters. The molecule has 0 radical (unpaired) electrons. The van der Waals surface area contributed by atoms with Crippen molar-refractivity contribution in [1.82, 2.24) is 9.38 Å². The summed E-state index contributed by atoms with van der Waals surface area (Å²) < 4.78 is 5.03. The van der Waals surface area contributed by atoms with Crippen LogP contribution in [-0.4, -0.2) is 9.38 Å². The molecule has 0 unspecified atom stereocenters. The highest BCUT2D eigenvalue weighted by Crippen LogP contribution is 2.44. The van der Waals surface area contributed by atoms with Crippen LogP contribution in [0.3, 0.4) is 0 Å². The van der Waals surface area contributed by atoms with Crippen LogP contribution in [0.4, 0.5) is 0 Å². The second-order valence-electron chi connectivity index (χ2n) is 13.9. The average Bonchev–Trinajstić information content (AvgIpc) is 3.84. The van der Waals surface area contributed by atoms with Gasteiger partial charge in [0.05, 0.1) is 16.9 Å². The lowest BCUT2D eigenvalue weighted by atomic mass is 9.91. The normalized spacial score (nSPS) is 11.7. The second-order valence-corrected chi connectivity index (χ2v) is 14.9. The summed E-state index contributed by atoms with van der Waals surface area (Å²) >= 11 is 1.88. The van der Waals surface area contributed by atoms with Crippen molar-refractivity contribution >= 4 is 58.8 Å². The highest BCUT2D eigenvalue weighted by Gasteiger charge is 2.21. The van der Waals surface area contributed by atoms with Gasteiger partial charge in [0, 0.05) is 47.6 Å². The van der Waals surface area contributed by atoms with Crippen molar-refractivity contribution in [2.24, 2.45) is 0 Å². The van der Waals surface area contributed by atoms with Crippen LogP contribution in [0.15, 0.2) is 194 Å². The van der Waals surface area contributed by atoms with Gasteiger partial charge in [0.15, 0.2) is 0 Å². The van der Waals surface area contributed by atoms with Crippen LogP contribution in [0.1, 0.15) is 0 Å². The van der Waals surface area contributed by atoms with Crippen molar-refractivity contribution in [2.75, 3.05) is 0 Å². The Morgan fingerprint density at radius 3 is 1.80 bits per heavy atom. The molecule has 0 saturated carbocycles. The Kier molecular flexibility index (Phi) is 7.07. The smallest absolute Gasteiger partial charge is 0.146 e. The van der Waals surface area contributed by atoms with E-state index in [0.29, 0.717) is 0 Å². The van der Waals surface area contributed by atoms with Gasteiger partial charge in [0.1, 0.15) is 5.65 Å². The Morgan fingerprint density at radius 2 is 0.963 bits per heavy atom. The van der Waals surface area contributed by atoms with Crippen molar-refractivity contribution in [3.63, 3.8) is 0 Å². The van der Waals surface area contributed by atoms with Crippen molar-refractivity contribution in [3.8, 4) is 55.9 Å². The van der Waals surface area contributed by atoms with Gasteiger partial charge in [0.25, 0.3) is 0 Å². The Morgan fingerprint density at radius 1 is 0.370 bits per heavy atom. The van der Waals surface area contributed by atoms with Crippen LogP contribution in [-0.2, 0) is 0 Å². The minimum absolute atomic E-state index is 0.968. The zero-order valence-electron chi connectivity index (χ0n) is 29.3. The monoisotopic (exact) mass is 704 g/mol. The van der Waals surface area contributed by atoms with Gasteiger partial charge in [-0.05, 0) is 57.5 Å². The van der Waals surface area contributed by atoms with Gasteiger partial charge in [-0.3, -0.25) is 4.40 Å². The zero-order chi connectivity index (χ0) is 35.6. The molecular formula is C51H32N2S. The molecule has 0 aliphatic carbocycles. The van der Waals surface area contributed by atoms with Crippen molar-refractivity contribution in [2.45, 2.75) is 0 Å². The van der Waals surface area contributed by atoms with Gasteiger partial charge in [-0.15, -0.1) is 11.3 Å². The zero-order valence-corrected chi connectivity index (χ0v) is 30.1. The lowest BCUT2D eigenvalue weighted by Crippen LogP contribution is -1.95. The van der Waals surface area contributed by atoms with Gasteiger partial charge < -0.3 is 0 Å². The molecule has 3 heterocycles. The van der Waals surface area contributed by atoms with E-state index in [2.05, 4.69) is 199 Å². The molecule has 0 aliphatic rings. The first kappa shape index (κ1) is 30.8. The molecule has 252 valence electrons. The first-order valence-electron chi connectivity index (χ1n) is 18.4. The van der Waals surface area contributed by atoms with Gasteiger partial charge in [-0.2, -0.15) is 0 Å². The topological polar surface area (TPSA) is 17.3 Å². The summed E-state index contributed by atoms with van der Waals surface area (Å²) in [7, 11) is 0. The van der Waals surface area contributed by atoms with Crippen LogP contribution in [0.2, 0.25) is 0 Å². The molecule has 0 saturated heterocycles. The summed E-state index contributed by atoms with van der Waals surface area (Å²) in [4.78, 5) is 5.39. The fourth-order valence-corrected chi connectivity index (χ4v) is 9.56. The molecular weight excluding hydrogens is 673 g/mol. The van der Waals surface area contributed by atoms with E-state index in [-0.39, 0.29) is 0 Å². The third-order valence-electron chi connectivity index (χ3n) is 10.8. The van der Waals surface area contributed by atoms with Gasteiger partial charge >= 0.3 is 0 Å². The highest BCUT2D eigenvalue weighted by molar-refractivity contribution is 7.26. The van der Waals surface area contributed by atoms with Crippen molar-refractivity contribution in [3.05, 3.63) is 194 Å². The predicted octanol–water partition coefficient (Wildman–Crippen LogP) is 14.3. The lowest BCUT2D eigenvalue weighted by molar-refractivity contribution is 1.27. The highest BCUT2D eigenvalue weighted by atomic mass is 32.1. The molecule has 0 bridgehead atoms. The molecule has 11 aromatic rings. The maximum absolute atomic E-state index is 5.39. The van der Waals surface area contributed by atoms with E-state index in [1.54, 1.807) is 0 Å². The largest absolute Gasteiger partial charge is 0.291 e. The minimum atomic E-state index is 0.968. The fourth-order valence-electron chi connectivity index (χ4n) is 8.33. The number of thiophene rings is 1. The molecule has 0 spiro atoms. The maximum atomic E-state index is 5.39. The van der Waals surface area contributed by atoms with Gasteiger partial charge in [-0.1, -0.05) is 170 Å². The van der Waals surface area contributed by atoms with Crippen LogP contribution >= 0.6 is 11.3 Å². The molecule has 11 rings (SSSR count). The molecule has 3 heteroatoms.